The maximum atomic E-state index is 12.2. The molecule has 4 nitrogen and oxygen atoms in total. The van der Waals surface area contributed by atoms with Crippen molar-refractivity contribution in [1.82, 2.24) is 10.2 Å². The maximum Gasteiger partial charge on any atom is 0.391 e. The van der Waals surface area contributed by atoms with Crippen LogP contribution in [0.25, 0.3) is 0 Å². The molecule has 1 heterocycles. The highest BCUT2D eigenvalue weighted by Crippen LogP contribution is 2.24. The van der Waals surface area contributed by atoms with Crippen molar-refractivity contribution in [2.45, 2.75) is 25.1 Å². The van der Waals surface area contributed by atoms with Gasteiger partial charge in [0.1, 0.15) is 5.82 Å². The van der Waals surface area contributed by atoms with E-state index < -0.39 is 18.6 Å². The van der Waals surface area contributed by atoms with Gasteiger partial charge in [0.15, 0.2) is 5.15 Å². The Morgan fingerprint density at radius 1 is 1.35 bits per heavy atom. The van der Waals surface area contributed by atoms with E-state index in [1.54, 1.807) is 0 Å². The molecule has 1 aromatic heterocycles. The first kappa shape index (κ1) is 14.0. The van der Waals surface area contributed by atoms with Crippen molar-refractivity contribution >= 4 is 17.4 Å². The molecule has 0 amide bonds. The molecule has 0 unspecified atom stereocenters. The van der Waals surface area contributed by atoms with E-state index in [1.807, 2.05) is 0 Å². The Bertz CT molecular complexity index is 344. The zero-order valence-electron chi connectivity index (χ0n) is 8.71. The summed E-state index contributed by atoms with van der Waals surface area (Å²) in [5.74, 6) is 0.192. The second-order valence-electron chi connectivity index (χ2n) is 3.41. The number of hydrogen-bond acceptors (Lipinski definition) is 4. The summed E-state index contributed by atoms with van der Waals surface area (Å²) in [5, 5.41) is 18.5. The number of aliphatic hydroxyl groups excluding tert-OH is 1. The van der Waals surface area contributed by atoms with Crippen LogP contribution in [0.15, 0.2) is 12.1 Å². The van der Waals surface area contributed by atoms with Gasteiger partial charge in [-0.1, -0.05) is 11.6 Å². The van der Waals surface area contributed by atoms with Crippen molar-refractivity contribution in [1.29, 1.82) is 0 Å². The number of nitrogens with one attached hydrogen (secondary N) is 1. The molecule has 0 aliphatic carbocycles. The number of hydrogen-bond donors (Lipinski definition) is 2. The van der Waals surface area contributed by atoms with Gasteiger partial charge in [0, 0.05) is 12.6 Å². The van der Waals surface area contributed by atoms with E-state index in [9.17, 15) is 13.2 Å². The van der Waals surface area contributed by atoms with Crippen molar-refractivity contribution in [3.63, 3.8) is 0 Å². The molecule has 8 heteroatoms. The lowest BCUT2D eigenvalue weighted by Gasteiger charge is -2.19. The Morgan fingerprint density at radius 2 is 2.06 bits per heavy atom. The summed E-state index contributed by atoms with van der Waals surface area (Å²) < 4.78 is 36.7. The van der Waals surface area contributed by atoms with E-state index in [2.05, 4.69) is 15.5 Å². The van der Waals surface area contributed by atoms with Crippen LogP contribution in [0.5, 0.6) is 0 Å². The highest BCUT2D eigenvalue weighted by atomic mass is 35.5. The molecule has 1 rings (SSSR count). The summed E-state index contributed by atoms with van der Waals surface area (Å²) >= 11 is 5.49. The molecule has 96 valence electrons. The average molecular weight is 270 g/mol. The molecule has 0 fully saturated rings. The van der Waals surface area contributed by atoms with Crippen LogP contribution in [0.4, 0.5) is 19.0 Å². The zero-order chi connectivity index (χ0) is 12.9. The van der Waals surface area contributed by atoms with Gasteiger partial charge in [0.05, 0.1) is 6.42 Å². The largest absolute Gasteiger partial charge is 0.396 e. The third-order valence-electron chi connectivity index (χ3n) is 1.94. The monoisotopic (exact) mass is 269 g/mol. The van der Waals surface area contributed by atoms with Crippen molar-refractivity contribution in [2.24, 2.45) is 0 Å². The molecule has 0 spiro atoms. The molecule has 0 radical (unpaired) electrons. The number of aliphatic hydroxyl groups is 1. The fraction of sp³-hybridized carbons (Fsp3) is 0.556. The smallest absolute Gasteiger partial charge is 0.391 e. The lowest BCUT2D eigenvalue weighted by Crippen LogP contribution is -2.28. The SMILES string of the molecule is OCC[C@H](CC(F)(F)F)Nc1ccc(Cl)nn1. The molecule has 0 saturated carbocycles. The van der Waals surface area contributed by atoms with Gasteiger partial charge < -0.3 is 10.4 Å². The molecule has 0 aliphatic rings. The number of alkyl halides is 3. The standard InChI is InChI=1S/C9H11ClF3N3O/c10-7-1-2-8(16-15-7)14-6(3-4-17)5-9(11,12)13/h1-2,6,17H,3-5H2,(H,14,16)/t6-/m1/s1. The van der Waals surface area contributed by atoms with Gasteiger partial charge in [-0.3, -0.25) is 0 Å². The first-order chi connectivity index (χ1) is 7.90. The number of nitrogens with zero attached hydrogens (tertiary/aromatic N) is 2. The molecular weight excluding hydrogens is 259 g/mol. The minimum Gasteiger partial charge on any atom is -0.396 e. The summed E-state index contributed by atoms with van der Waals surface area (Å²) in [6, 6.07) is 1.91. The molecule has 0 saturated heterocycles. The summed E-state index contributed by atoms with van der Waals surface area (Å²) in [6.45, 7) is -0.339. The quantitative estimate of drug-likeness (QED) is 0.861. The number of rotatable bonds is 5. The van der Waals surface area contributed by atoms with E-state index in [-0.39, 0.29) is 24.0 Å². The predicted molar refractivity (Wildman–Crippen MR) is 56.8 cm³/mol. The van der Waals surface area contributed by atoms with Crippen LogP contribution in [0.3, 0.4) is 0 Å². The van der Waals surface area contributed by atoms with E-state index in [1.165, 1.54) is 12.1 Å². The van der Waals surface area contributed by atoms with Gasteiger partial charge in [0.2, 0.25) is 0 Å². The Labute approximate surface area is 101 Å². The Kier molecular flexibility index (Phi) is 4.95. The Morgan fingerprint density at radius 3 is 2.53 bits per heavy atom. The normalized spacial score (nSPS) is 13.5. The third-order valence-corrected chi connectivity index (χ3v) is 2.14. The molecule has 0 aromatic carbocycles. The van der Waals surface area contributed by atoms with Crippen LogP contribution < -0.4 is 5.32 Å². The van der Waals surface area contributed by atoms with Gasteiger partial charge in [-0.15, -0.1) is 10.2 Å². The predicted octanol–water partition coefficient (Wildman–Crippen LogP) is 2.25. The van der Waals surface area contributed by atoms with Gasteiger partial charge in [-0.25, -0.2) is 0 Å². The molecule has 2 N–H and O–H groups in total. The summed E-state index contributed by atoms with van der Waals surface area (Å²) in [7, 11) is 0. The van der Waals surface area contributed by atoms with Crippen molar-refractivity contribution < 1.29 is 18.3 Å². The number of halogens is 4. The maximum absolute atomic E-state index is 12.2. The topological polar surface area (TPSA) is 58.0 Å². The van der Waals surface area contributed by atoms with Crippen molar-refractivity contribution in [2.75, 3.05) is 11.9 Å². The van der Waals surface area contributed by atoms with Crippen LogP contribution in [-0.2, 0) is 0 Å². The minimum atomic E-state index is -4.30. The van der Waals surface area contributed by atoms with Crippen LogP contribution in [0.1, 0.15) is 12.8 Å². The molecule has 1 atom stereocenters. The molecular formula is C9H11ClF3N3O. The van der Waals surface area contributed by atoms with E-state index >= 15 is 0 Å². The first-order valence-electron chi connectivity index (χ1n) is 4.84. The third kappa shape index (κ3) is 5.69. The lowest BCUT2D eigenvalue weighted by atomic mass is 10.1. The van der Waals surface area contributed by atoms with Gasteiger partial charge in [0.25, 0.3) is 0 Å². The average Bonchev–Trinajstić information content (AvgIpc) is 2.19. The van der Waals surface area contributed by atoms with Crippen LogP contribution in [0.2, 0.25) is 5.15 Å². The van der Waals surface area contributed by atoms with E-state index in [0.717, 1.165) is 0 Å². The van der Waals surface area contributed by atoms with E-state index in [4.69, 9.17) is 16.7 Å². The Balaban J connectivity index is 2.63. The fourth-order valence-electron chi connectivity index (χ4n) is 1.26. The summed E-state index contributed by atoms with van der Waals surface area (Å²) in [6.07, 6.45) is -5.37. The molecule has 0 aliphatic heterocycles. The molecule has 0 bridgehead atoms. The Hall–Kier alpha value is -1.08. The highest BCUT2D eigenvalue weighted by molar-refractivity contribution is 6.29. The van der Waals surface area contributed by atoms with Crippen molar-refractivity contribution in [3.8, 4) is 0 Å². The van der Waals surface area contributed by atoms with Crippen LogP contribution >= 0.6 is 11.6 Å². The zero-order valence-corrected chi connectivity index (χ0v) is 9.46. The molecule has 17 heavy (non-hydrogen) atoms. The second kappa shape index (κ2) is 6.02. The van der Waals surface area contributed by atoms with Crippen LogP contribution in [0, 0.1) is 0 Å². The molecule has 1 aromatic rings. The van der Waals surface area contributed by atoms with E-state index in [0.29, 0.717) is 0 Å². The summed E-state index contributed by atoms with van der Waals surface area (Å²) in [4.78, 5) is 0. The van der Waals surface area contributed by atoms with Gasteiger partial charge in [-0.05, 0) is 18.6 Å². The van der Waals surface area contributed by atoms with Gasteiger partial charge >= 0.3 is 6.18 Å². The fourth-order valence-corrected chi connectivity index (χ4v) is 1.36. The van der Waals surface area contributed by atoms with Crippen molar-refractivity contribution in [3.05, 3.63) is 17.3 Å². The lowest BCUT2D eigenvalue weighted by molar-refractivity contribution is -0.137. The summed E-state index contributed by atoms with van der Waals surface area (Å²) in [5.41, 5.74) is 0. The van der Waals surface area contributed by atoms with Gasteiger partial charge in [-0.2, -0.15) is 13.2 Å². The highest BCUT2D eigenvalue weighted by Gasteiger charge is 2.31. The second-order valence-corrected chi connectivity index (χ2v) is 3.80. The first-order valence-corrected chi connectivity index (χ1v) is 5.22. The number of aromatic nitrogens is 2. The number of anilines is 1. The van der Waals surface area contributed by atoms with Crippen LogP contribution in [-0.4, -0.2) is 34.1 Å². The minimum absolute atomic E-state index is 0.0240.